The average molecular weight is 274 g/mol. The van der Waals surface area contributed by atoms with E-state index in [1.807, 2.05) is 23.6 Å². The molecule has 6 nitrogen and oxygen atoms in total. The van der Waals surface area contributed by atoms with Crippen molar-refractivity contribution in [2.75, 3.05) is 12.4 Å². The zero-order valence-corrected chi connectivity index (χ0v) is 10.8. The lowest BCUT2D eigenvalue weighted by Crippen LogP contribution is -1.90. The van der Waals surface area contributed by atoms with E-state index in [1.165, 1.54) is 11.3 Å². The van der Waals surface area contributed by atoms with E-state index < -0.39 is 0 Å². The smallest absolute Gasteiger partial charge is 0.320 e. The van der Waals surface area contributed by atoms with Gasteiger partial charge in [-0.15, -0.1) is 16.4 Å². The van der Waals surface area contributed by atoms with E-state index in [9.17, 15) is 0 Å². The predicted octanol–water partition coefficient (Wildman–Crippen LogP) is 2.95. The van der Waals surface area contributed by atoms with Gasteiger partial charge in [-0.3, -0.25) is 4.98 Å². The van der Waals surface area contributed by atoms with Crippen molar-refractivity contribution < 1.29 is 9.15 Å². The van der Waals surface area contributed by atoms with Crippen LogP contribution in [0, 0.1) is 0 Å². The molecule has 0 aliphatic heterocycles. The van der Waals surface area contributed by atoms with Crippen molar-refractivity contribution in [3.63, 3.8) is 0 Å². The number of methoxy groups -OCH3 is 1. The molecular formula is C12H10N4O2S. The van der Waals surface area contributed by atoms with E-state index in [1.54, 1.807) is 19.5 Å². The number of nitrogens with one attached hydrogen (secondary N) is 1. The molecular weight excluding hydrogens is 264 g/mol. The number of rotatable bonds is 4. The largest absolute Gasteiger partial charge is 0.495 e. The monoisotopic (exact) mass is 274 g/mol. The first-order valence-electron chi connectivity index (χ1n) is 5.49. The molecule has 0 saturated heterocycles. The van der Waals surface area contributed by atoms with Crippen LogP contribution in [0.1, 0.15) is 0 Å². The van der Waals surface area contributed by atoms with Crippen molar-refractivity contribution in [3.05, 3.63) is 36.0 Å². The Morgan fingerprint density at radius 2 is 2.26 bits per heavy atom. The Morgan fingerprint density at radius 3 is 3.05 bits per heavy atom. The molecule has 0 bridgehead atoms. The lowest BCUT2D eigenvalue weighted by molar-refractivity contribution is 0.416. The number of ether oxygens (including phenoxy) is 1. The van der Waals surface area contributed by atoms with Gasteiger partial charge >= 0.3 is 6.01 Å². The Labute approximate surface area is 113 Å². The van der Waals surface area contributed by atoms with Gasteiger partial charge in [-0.2, -0.15) is 0 Å². The first-order valence-corrected chi connectivity index (χ1v) is 6.37. The molecule has 0 saturated carbocycles. The molecule has 7 heteroatoms. The van der Waals surface area contributed by atoms with Gasteiger partial charge in [0.05, 0.1) is 19.0 Å². The summed E-state index contributed by atoms with van der Waals surface area (Å²) < 4.78 is 10.8. The van der Waals surface area contributed by atoms with Crippen LogP contribution in [-0.2, 0) is 0 Å². The number of hydrogen-bond acceptors (Lipinski definition) is 7. The van der Waals surface area contributed by atoms with Crippen LogP contribution in [0.4, 0.5) is 11.7 Å². The third kappa shape index (κ3) is 2.41. The number of hydrogen-bond donors (Lipinski definition) is 1. The Kier molecular flexibility index (Phi) is 3.11. The molecule has 1 N–H and O–H groups in total. The van der Waals surface area contributed by atoms with E-state index in [-0.39, 0.29) is 0 Å². The molecule has 0 radical (unpaired) electrons. The molecule has 3 aromatic rings. The SMILES string of the molecule is COc1ccsc1-c1nnc(Nc2cccnc2)o1. The Balaban J connectivity index is 1.84. The molecule has 3 aromatic heterocycles. The van der Waals surface area contributed by atoms with Gasteiger partial charge < -0.3 is 14.5 Å². The molecule has 19 heavy (non-hydrogen) atoms. The van der Waals surface area contributed by atoms with Crippen molar-refractivity contribution in [3.8, 4) is 16.5 Å². The van der Waals surface area contributed by atoms with Gasteiger partial charge in [-0.05, 0) is 23.6 Å². The fraction of sp³-hybridized carbons (Fsp3) is 0.0833. The highest BCUT2D eigenvalue weighted by molar-refractivity contribution is 7.13. The number of thiophene rings is 1. The molecule has 0 aliphatic rings. The first kappa shape index (κ1) is 11.7. The van der Waals surface area contributed by atoms with Gasteiger partial charge in [-0.25, -0.2) is 0 Å². The van der Waals surface area contributed by atoms with Gasteiger partial charge in [-0.1, -0.05) is 5.10 Å². The second kappa shape index (κ2) is 5.07. The quantitative estimate of drug-likeness (QED) is 0.788. The van der Waals surface area contributed by atoms with Crippen molar-refractivity contribution in [1.82, 2.24) is 15.2 Å². The Bertz CT molecular complexity index is 665. The van der Waals surface area contributed by atoms with Crippen LogP contribution in [0.3, 0.4) is 0 Å². The van der Waals surface area contributed by atoms with Gasteiger partial charge in [0.25, 0.3) is 5.89 Å². The third-order valence-corrected chi connectivity index (χ3v) is 3.26. The maximum Gasteiger partial charge on any atom is 0.320 e. The fourth-order valence-electron chi connectivity index (χ4n) is 1.54. The van der Waals surface area contributed by atoms with E-state index in [2.05, 4.69) is 20.5 Å². The molecule has 0 unspecified atom stereocenters. The van der Waals surface area contributed by atoms with Crippen LogP contribution in [0.5, 0.6) is 5.75 Å². The Morgan fingerprint density at radius 1 is 1.32 bits per heavy atom. The topological polar surface area (TPSA) is 73.1 Å². The van der Waals surface area contributed by atoms with Gasteiger partial charge in [0.1, 0.15) is 10.6 Å². The lowest BCUT2D eigenvalue weighted by Gasteiger charge is -1.99. The van der Waals surface area contributed by atoms with Gasteiger partial charge in [0, 0.05) is 6.20 Å². The molecule has 96 valence electrons. The summed E-state index contributed by atoms with van der Waals surface area (Å²) in [7, 11) is 1.61. The summed E-state index contributed by atoms with van der Waals surface area (Å²) >= 11 is 1.49. The van der Waals surface area contributed by atoms with Crippen LogP contribution in [0.25, 0.3) is 10.8 Å². The number of aromatic nitrogens is 3. The second-order valence-corrected chi connectivity index (χ2v) is 4.51. The predicted molar refractivity (Wildman–Crippen MR) is 71.7 cm³/mol. The number of anilines is 2. The molecule has 0 aromatic carbocycles. The van der Waals surface area contributed by atoms with Crippen molar-refractivity contribution in [1.29, 1.82) is 0 Å². The second-order valence-electron chi connectivity index (χ2n) is 3.60. The summed E-state index contributed by atoms with van der Waals surface area (Å²) in [6.45, 7) is 0. The minimum Gasteiger partial charge on any atom is -0.495 e. The zero-order valence-electron chi connectivity index (χ0n) is 10.0. The summed E-state index contributed by atoms with van der Waals surface area (Å²) in [4.78, 5) is 4.81. The zero-order chi connectivity index (χ0) is 13.1. The Hall–Kier alpha value is -2.41. The van der Waals surface area contributed by atoms with Crippen LogP contribution in [0.15, 0.2) is 40.4 Å². The molecule has 0 amide bonds. The maximum atomic E-state index is 5.54. The highest BCUT2D eigenvalue weighted by Crippen LogP contribution is 2.35. The van der Waals surface area contributed by atoms with Crippen LogP contribution in [-0.4, -0.2) is 22.3 Å². The van der Waals surface area contributed by atoms with E-state index in [0.29, 0.717) is 11.9 Å². The molecule has 0 aliphatic carbocycles. The third-order valence-electron chi connectivity index (χ3n) is 2.38. The van der Waals surface area contributed by atoms with Crippen LogP contribution >= 0.6 is 11.3 Å². The minimum absolute atomic E-state index is 0.318. The molecule has 0 fully saturated rings. The maximum absolute atomic E-state index is 5.54. The van der Waals surface area contributed by atoms with E-state index in [0.717, 1.165) is 16.3 Å². The number of pyridine rings is 1. The summed E-state index contributed by atoms with van der Waals surface area (Å²) in [5.41, 5.74) is 0.788. The van der Waals surface area contributed by atoms with Crippen LogP contribution < -0.4 is 10.1 Å². The summed E-state index contributed by atoms with van der Waals surface area (Å²) in [6, 6.07) is 5.86. The molecule has 0 atom stereocenters. The summed E-state index contributed by atoms with van der Waals surface area (Å²) in [6.07, 6.45) is 3.37. The van der Waals surface area contributed by atoms with E-state index >= 15 is 0 Å². The van der Waals surface area contributed by atoms with Crippen LogP contribution in [0.2, 0.25) is 0 Å². The first-order chi connectivity index (χ1) is 9.36. The summed E-state index contributed by atoms with van der Waals surface area (Å²) in [5, 5.41) is 12.8. The molecule has 3 rings (SSSR count). The van der Waals surface area contributed by atoms with Gasteiger partial charge in [0.15, 0.2) is 0 Å². The lowest BCUT2D eigenvalue weighted by atomic mass is 10.4. The highest BCUT2D eigenvalue weighted by atomic mass is 32.1. The standard InChI is InChI=1S/C12H10N4O2S/c1-17-9-4-6-19-10(9)11-15-16-12(18-11)14-8-3-2-5-13-7-8/h2-7H,1H3,(H,14,16). The van der Waals surface area contributed by atoms with E-state index in [4.69, 9.17) is 9.15 Å². The molecule has 0 spiro atoms. The highest BCUT2D eigenvalue weighted by Gasteiger charge is 2.14. The summed E-state index contributed by atoms with van der Waals surface area (Å²) in [5.74, 6) is 1.15. The van der Waals surface area contributed by atoms with Crippen molar-refractivity contribution in [2.45, 2.75) is 0 Å². The molecule has 3 heterocycles. The average Bonchev–Trinajstić information content (AvgIpc) is 3.07. The van der Waals surface area contributed by atoms with Crippen molar-refractivity contribution in [2.24, 2.45) is 0 Å². The van der Waals surface area contributed by atoms with Crippen molar-refractivity contribution >= 4 is 23.0 Å². The minimum atomic E-state index is 0.318. The normalized spacial score (nSPS) is 10.4. The fourth-order valence-corrected chi connectivity index (χ4v) is 2.32. The van der Waals surface area contributed by atoms with Gasteiger partial charge in [0.2, 0.25) is 0 Å². The number of nitrogens with zero attached hydrogens (tertiary/aromatic N) is 3.